The smallest absolute Gasteiger partial charge is 0.120 e. The maximum atomic E-state index is 6.10. The number of ether oxygens (including phenoxy) is 1. The van der Waals surface area contributed by atoms with E-state index in [1.807, 2.05) is 18.2 Å². The minimum absolute atomic E-state index is 0.582. The summed E-state index contributed by atoms with van der Waals surface area (Å²) < 4.78 is 11.9. The van der Waals surface area contributed by atoms with Crippen molar-refractivity contribution in [2.75, 3.05) is 10.5 Å². The summed E-state index contributed by atoms with van der Waals surface area (Å²) >= 11 is 1.72. The molecule has 4 heteroatoms. The molecule has 4 aromatic rings. The lowest BCUT2D eigenvalue weighted by molar-refractivity contribution is 0.306. The maximum Gasteiger partial charge on any atom is 0.120 e. The third-order valence-electron chi connectivity index (χ3n) is 5.48. The molecule has 0 fully saturated rings. The van der Waals surface area contributed by atoms with Crippen molar-refractivity contribution in [2.45, 2.75) is 40.3 Å². The fourth-order valence-corrected chi connectivity index (χ4v) is 4.46. The van der Waals surface area contributed by atoms with Crippen molar-refractivity contribution < 1.29 is 4.74 Å². The lowest BCUT2D eigenvalue weighted by Crippen LogP contribution is -2.00. The summed E-state index contributed by atoms with van der Waals surface area (Å²) in [5.74, 6) is 1.95. The fourth-order valence-electron chi connectivity index (χ4n) is 4.01. The first-order valence-electron chi connectivity index (χ1n) is 11.0. The molecule has 0 saturated carbocycles. The third kappa shape index (κ3) is 4.75. The summed E-state index contributed by atoms with van der Waals surface area (Å²) in [5.41, 5.74) is 7.44. The molecule has 0 radical (unpaired) electrons. The van der Waals surface area contributed by atoms with Gasteiger partial charge < -0.3 is 14.0 Å². The minimum atomic E-state index is 0.582. The number of aromatic nitrogens is 1. The Kier molecular flexibility index (Phi) is 6.88. The Hall–Kier alpha value is -2.85. The molecular weight excluding hydrogens is 400 g/mol. The van der Waals surface area contributed by atoms with Gasteiger partial charge in [-0.2, -0.15) is 0 Å². The Morgan fingerprint density at radius 3 is 2.42 bits per heavy atom. The highest BCUT2D eigenvalue weighted by Crippen LogP contribution is 2.36. The van der Waals surface area contributed by atoms with Gasteiger partial charge in [0.05, 0.1) is 5.69 Å². The Balaban J connectivity index is 1.67. The van der Waals surface area contributed by atoms with Crippen LogP contribution in [0.1, 0.15) is 31.4 Å². The monoisotopic (exact) mass is 430 g/mol. The van der Waals surface area contributed by atoms with Gasteiger partial charge in [0.15, 0.2) is 0 Å². The van der Waals surface area contributed by atoms with Gasteiger partial charge in [-0.25, -0.2) is 0 Å². The second-order valence-electron chi connectivity index (χ2n) is 7.69. The van der Waals surface area contributed by atoms with Gasteiger partial charge in [0, 0.05) is 28.9 Å². The van der Waals surface area contributed by atoms with Crippen LogP contribution in [0.3, 0.4) is 0 Å². The molecule has 3 aromatic carbocycles. The molecule has 0 spiro atoms. The first kappa shape index (κ1) is 21.4. The largest absolute Gasteiger partial charge is 0.489 e. The molecular formula is C27H30N2OS. The van der Waals surface area contributed by atoms with Crippen molar-refractivity contribution in [2.24, 2.45) is 0 Å². The number of hydrogen-bond donors (Lipinski definition) is 1. The molecule has 31 heavy (non-hydrogen) atoms. The van der Waals surface area contributed by atoms with Gasteiger partial charge in [-0.05, 0) is 60.4 Å². The average molecular weight is 431 g/mol. The van der Waals surface area contributed by atoms with Crippen molar-refractivity contribution in [3.8, 4) is 17.0 Å². The van der Waals surface area contributed by atoms with Gasteiger partial charge in [0.2, 0.25) is 0 Å². The lowest BCUT2D eigenvalue weighted by atomic mass is 10.1. The number of anilines is 1. The minimum Gasteiger partial charge on any atom is -0.489 e. The molecule has 1 aromatic heterocycles. The molecule has 0 atom stereocenters. The van der Waals surface area contributed by atoms with Crippen molar-refractivity contribution in [1.82, 2.24) is 4.57 Å². The molecule has 1 heterocycles. The van der Waals surface area contributed by atoms with Gasteiger partial charge in [0.1, 0.15) is 12.4 Å². The molecule has 0 aliphatic rings. The number of fused-ring (bicyclic) bond motifs is 1. The average Bonchev–Trinajstić information content (AvgIpc) is 3.08. The highest BCUT2D eigenvalue weighted by molar-refractivity contribution is 8.00. The van der Waals surface area contributed by atoms with E-state index in [2.05, 4.69) is 84.7 Å². The molecule has 0 saturated heterocycles. The Morgan fingerprint density at radius 1 is 0.935 bits per heavy atom. The number of nitrogens with one attached hydrogen (secondary N) is 1. The predicted octanol–water partition coefficient (Wildman–Crippen LogP) is 7.69. The number of benzene rings is 3. The second-order valence-corrected chi connectivity index (χ2v) is 8.76. The molecule has 0 unspecified atom stereocenters. The normalized spacial score (nSPS) is 11.1. The molecule has 0 aliphatic heterocycles. The Bertz CT molecular complexity index is 1130. The molecule has 0 amide bonds. The zero-order valence-electron chi connectivity index (χ0n) is 18.5. The van der Waals surface area contributed by atoms with Crippen LogP contribution < -0.4 is 9.46 Å². The van der Waals surface area contributed by atoms with Gasteiger partial charge >= 0.3 is 0 Å². The number of nitrogens with zero attached hydrogens (tertiary/aromatic N) is 1. The highest BCUT2D eigenvalue weighted by atomic mass is 32.2. The molecule has 1 N–H and O–H groups in total. The van der Waals surface area contributed by atoms with E-state index in [1.165, 1.54) is 33.3 Å². The zero-order chi connectivity index (χ0) is 21.6. The molecule has 0 aliphatic carbocycles. The van der Waals surface area contributed by atoms with Crippen LogP contribution in [0.15, 0.2) is 72.8 Å². The summed E-state index contributed by atoms with van der Waals surface area (Å²) in [7, 11) is 0. The first-order valence-corrected chi connectivity index (χ1v) is 12.0. The van der Waals surface area contributed by atoms with Crippen molar-refractivity contribution in [3.63, 3.8) is 0 Å². The van der Waals surface area contributed by atoms with Crippen LogP contribution in [0, 0.1) is 6.92 Å². The maximum absolute atomic E-state index is 6.10. The summed E-state index contributed by atoms with van der Waals surface area (Å²) in [6, 6.07) is 25.6. The third-order valence-corrected chi connectivity index (χ3v) is 6.14. The van der Waals surface area contributed by atoms with Crippen LogP contribution in [0.5, 0.6) is 5.75 Å². The van der Waals surface area contributed by atoms with Crippen molar-refractivity contribution in [3.05, 3.63) is 83.9 Å². The molecule has 3 nitrogen and oxygen atoms in total. The van der Waals surface area contributed by atoms with Crippen LogP contribution in [-0.4, -0.2) is 10.3 Å². The van der Waals surface area contributed by atoms with E-state index in [-0.39, 0.29) is 0 Å². The number of aryl methyl sites for hydroxylation is 2. The quantitative estimate of drug-likeness (QED) is 0.276. The number of rotatable bonds is 9. The predicted molar refractivity (Wildman–Crippen MR) is 135 cm³/mol. The Labute approximate surface area is 189 Å². The molecule has 160 valence electrons. The van der Waals surface area contributed by atoms with Crippen LogP contribution in [-0.2, 0) is 13.2 Å². The second kappa shape index (κ2) is 9.97. The summed E-state index contributed by atoms with van der Waals surface area (Å²) in [6.45, 7) is 8.19. The summed E-state index contributed by atoms with van der Waals surface area (Å²) in [6.07, 6.45) is 1.09. The van der Waals surface area contributed by atoms with E-state index < -0.39 is 0 Å². The molecule has 0 bridgehead atoms. The topological polar surface area (TPSA) is 26.2 Å². The van der Waals surface area contributed by atoms with E-state index in [4.69, 9.17) is 4.74 Å². The molecule has 4 rings (SSSR count). The van der Waals surface area contributed by atoms with Crippen LogP contribution in [0.4, 0.5) is 5.69 Å². The standard InChI is InChI=1S/C27H30N2OS/c1-4-17-29-26-16-15-24(30-19-21-9-7-6-8-10-21)18-25(26)20(3)27(29)22-11-13-23(14-12-22)28-31-5-2/h6-16,18,28H,4-5,17,19H2,1-3H3. The summed E-state index contributed by atoms with van der Waals surface area (Å²) in [5, 5.41) is 1.26. The lowest BCUT2D eigenvalue weighted by Gasteiger charge is -2.12. The van der Waals surface area contributed by atoms with Gasteiger partial charge in [0.25, 0.3) is 0 Å². The SMILES string of the molecule is CCCn1c(-c2ccc(NSCC)cc2)c(C)c2cc(OCc3ccccc3)ccc21. The van der Waals surface area contributed by atoms with Crippen LogP contribution in [0.25, 0.3) is 22.2 Å². The zero-order valence-corrected chi connectivity index (χ0v) is 19.3. The van der Waals surface area contributed by atoms with E-state index in [1.54, 1.807) is 11.9 Å². The van der Waals surface area contributed by atoms with Gasteiger partial charge in [-0.15, -0.1) is 0 Å². The van der Waals surface area contributed by atoms with E-state index >= 15 is 0 Å². The van der Waals surface area contributed by atoms with Crippen LogP contribution in [0.2, 0.25) is 0 Å². The van der Waals surface area contributed by atoms with Gasteiger partial charge in [-0.3, -0.25) is 0 Å². The van der Waals surface area contributed by atoms with E-state index in [9.17, 15) is 0 Å². The van der Waals surface area contributed by atoms with Gasteiger partial charge in [-0.1, -0.05) is 68.3 Å². The van der Waals surface area contributed by atoms with E-state index in [0.717, 1.165) is 30.2 Å². The Morgan fingerprint density at radius 2 is 1.71 bits per heavy atom. The highest BCUT2D eigenvalue weighted by Gasteiger charge is 2.16. The van der Waals surface area contributed by atoms with Crippen LogP contribution >= 0.6 is 11.9 Å². The first-order chi connectivity index (χ1) is 15.2. The summed E-state index contributed by atoms with van der Waals surface area (Å²) in [4.78, 5) is 0. The van der Waals surface area contributed by atoms with E-state index in [0.29, 0.717) is 6.61 Å². The number of hydrogen-bond acceptors (Lipinski definition) is 3. The van der Waals surface area contributed by atoms with Crippen molar-refractivity contribution >= 4 is 28.5 Å². The fraction of sp³-hybridized carbons (Fsp3) is 0.259. The van der Waals surface area contributed by atoms with Crippen molar-refractivity contribution in [1.29, 1.82) is 0 Å².